The third-order valence-corrected chi connectivity index (χ3v) is 6.02. The van der Waals surface area contributed by atoms with Crippen molar-refractivity contribution in [2.45, 2.75) is 23.3 Å². The second-order valence-corrected chi connectivity index (χ2v) is 7.97. The van der Waals surface area contributed by atoms with Crippen LogP contribution in [0.1, 0.15) is 17.9 Å². The molecule has 1 saturated heterocycles. The van der Waals surface area contributed by atoms with Crippen molar-refractivity contribution >= 4 is 15.7 Å². The first-order valence-corrected chi connectivity index (χ1v) is 9.69. The minimum atomic E-state index is -3.94. The van der Waals surface area contributed by atoms with Gasteiger partial charge in [-0.15, -0.1) is 0 Å². The number of rotatable bonds is 5. The molecule has 0 saturated carbocycles. The molecule has 0 spiro atoms. The van der Waals surface area contributed by atoms with Crippen LogP contribution in [0.25, 0.3) is 0 Å². The minimum Gasteiger partial charge on any atom is -0.315 e. The molecule has 144 valence electrons. The predicted octanol–water partition coefficient (Wildman–Crippen LogP) is 2.30. The molecule has 2 N–H and O–H groups in total. The lowest BCUT2D eigenvalue weighted by atomic mass is 9.86. The number of hydrogen-bond acceptors (Lipinski definition) is 5. The Kier molecular flexibility index (Phi) is 5.49. The molecule has 2 atom stereocenters. The number of nitrogens with one attached hydrogen (secondary N) is 2. The van der Waals surface area contributed by atoms with Crippen molar-refractivity contribution in [3.05, 3.63) is 69.8 Å². The molecule has 1 heterocycles. The van der Waals surface area contributed by atoms with Crippen molar-refractivity contribution in [1.82, 2.24) is 10.0 Å². The van der Waals surface area contributed by atoms with E-state index < -0.39 is 32.6 Å². The summed E-state index contributed by atoms with van der Waals surface area (Å²) in [5.41, 5.74) is 0.291. The van der Waals surface area contributed by atoms with Crippen molar-refractivity contribution in [2.75, 3.05) is 13.1 Å². The minimum absolute atomic E-state index is 0.109. The Labute approximate surface area is 154 Å². The lowest BCUT2D eigenvalue weighted by molar-refractivity contribution is -0.384. The van der Waals surface area contributed by atoms with E-state index in [-0.39, 0.29) is 16.5 Å². The van der Waals surface area contributed by atoms with E-state index in [0.717, 1.165) is 36.4 Å². The molecule has 10 heteroatoms. The van der Waals surface area contributed by atoms with Gasteiger partial charge in [0.25, 0.3) is 5.69 Å². The van der Waals surface area contributed by atoms with Gasteiger partial charge in [-0.2, -0.15) is 0 Å². The number of piperidine rings is 1. The SMILES string of the molecule is O=[N+]([O-])c1ccc(S(=O)(=O)NC2CNCCC2c2ccc(F)c(F)c2)cc1. The van der Waals surface area contributed by atoms with E-state index in [1.165, 1.54) is 6.07 Å². The van der Waals surface area contributed by atoms with E-state index in [2.05, 4.69) is 10.0 Å². The first-order chi connectivity index (χ1) is 12.8. The van der Waals surface area contributed by atoms with Gasteiger partial charge in [0.2, 0.25) is 10.0 Å². The van der Waals surface area contributed by atoms with E-state index in [9.17, 15) is 27.3 Å². The molecule has 27 heavy (non-hydrogen) atoms. The van der Waals surface area contributed by atoms with Gasteiger partial charge in [-0.1, -0.05) is 6.07 Å². The topological polar surface area (TPSA) is 101 Å². The van der Waals surface area contributed by atoms with Crippen LogP contribution in [0.5, 0.6) is 0 Å². The van der Waals surface area contributed by atoms with Crippen molar-refractivity contribution in [3.8, 4) is 0 Å². The Morgan fingerprint density at radius 2 is 1.81 bits per heavy atom. The van der Waals surface area contributed by atoms with Crippen LogP contribution in [-0.2, 0) is 10.0 Å². The monoisotopic (exact) mass is 397 g/mol. The zero-order valence-corrected chi connectivity index (χ0v) is 14.9. The number of benzene rings is 2. The van der Waals surface area contributed by atoms with Gasteiger partial charge in [0.15, 0.2) is 11.6 Å². The van der Waals surface area contributed by atoms with Crippen molar-refractivity contribution in [3.63, 3.8) is 0 Å². The van der Waals surface area contributed by atoms with Crippen molar-refractivity contribution in [1.29, 1.82) is 0 Å². The molecule has 2 aromatic rings. The average Bonchev–Trinajstić information content (AvgIpc) is 2.64. The van der Waals surface area contributed by atoms with Gasteiger partial charge in [-0.05, 0) is 42.8 Å². The molecule has 3 rings (SSSR count). The number of nitro benzene ring substituents is 1. The summed E-state index contributed by atoms with van der Waals surface area (Å²) in [6, 6.07) is 7.51. The number of halogens is 2. The molecular weight excluding hydrogens is 380 g/mol. The first-order valence-electron chi connectivity index (χ1n) is 8.20. The van der Waals surface area contributed by atoms with E-state index in [0.29, 0.717) is 25.1 Å². The summed E-state index contributed by atoms with van der Waals surface area (Å²) in [4.78, 5) is 9.98. The molecule has 1 aliphatic rings. The van der Waals surface area contributed by atoms with Gasteiger partial charge < -0.3 is 5.32 Å². The van der Waals surface area contributed by atoms with Crippen molar-refractivity contribution < 1.29 is 22.1 Å². The van der Waals surface area contributed by atoms with Crippen LogP contribution >= 0.6 is 0 Å². The highest BCUT2D eigenvalue weighted by atomic mass is 32.2. The Morgan fingerprint density at radius 1 is 1.11 bits per heavy atom. The maximum atomic E-state index is 13.6. The van der Waals surface area contributed by atoms with Crippen molar-refractivity contribution in [2.24, 2.45) is 0 Å². The molecular formula is C17H17F2N3O4S. The molecule has 0 bridgehead atoms. The smallest absolute Gasteiger partial charge is 0.269 e. The fraction of sp³-hybridized carbons (Fsp3) is 0.294. The van der Waals surface area contributed by atoms with Crippen LogP contribution in [0, 0.1) is 21.7 Å². The summed E-state index contributed by atoms with van der Waals surface area (Å²) >= 11 is 0. The summed E-state index contributed by atoms with van der Waals surface area (Å²) < 4.78 is 54.6. The molecule has 2 aromatic carbocycles. The Morgan fingerprint density at radius 3 is 2.44 bits per heavy atom. The van der Waals surface area contributed by atoms with Crippen LogP contribution in [-0.4, -0.2) is 32.5 Å². The summed E-state index contributed by atoms with van der Waals surface area (Å²) in [5.74, 6) is -2.28. The maximum Gasteiger partial charge on any atom is 0.269 e. The number of non-ortho nitro benzene ring substituents is 1. The molecule has 1 aliphatic heterocycles. The van der Waals surface area contributed by atoms with Gasteiger partial charge in [-0.3, -0.25) is 10.1 Å². The molecule has 7 nitrogen and oxygen atoms in total. The second kappa shape index (κ2) is 7.67. The molecule has 0 aliphatic carbocycles. The molecule has 2 unspecified atom stereocenters. The van der Waals surface area contributed by atoms with Gasteiger partial charge in [0.1, 0.15) is 0 Å². The average molecular weight is 397 g/mol. The van der Waals surface area contributed by atoms with Gasteiger partial charge in [0, 0.05) is 30.6 Å². The summed E-state index contributed by atoms with van der Waals surface area (Å²) in [7, 11) is -3.94. The quantitative estimate of drug-likeness (QED) is 0.596. The Balaban J connectivity index is 1.84. The third kappa shape index (κ3) is 4.29. The predicted molar refractivity (Wildman–Crippen MR) is 93.8 cm³/mol. The first kappa shape index (κ1) is 19.3. The highest BCUT2D eigenvalue weighted by Gasteiger charge is 2.31. The van der Waals surface area contributed by atoms with E-state index in [1.807, 2.05) is 0 Å². The zero-order chi connectivity index (χ0) is 19.6. The van der Waals surface area contributed by atoms with Crippen LogP contribution in [0.2, 0.25) is 0 Å². The highest BCUT2D eigenvalue weighted by Crippen LogP contribution is 2.28. The largest absolute Gasteiger partial charge is 0.315 e. The number of sulfonamides is 1. The van der Waals surface area contributed by atoms with E-state index in [4.69, 9.17) is 0 Å². The van der Waals surface area contributed by atoms with Gasteiger partial charge in [0.05, 0.1) is 9.82 Å². The maximum absolute atomic E-state index is 13.6. The number of nitrogens with zero attached hydrogens (tertiary/aromatic N) is 1. The lowest BCUT2D eigenvalue weighted by Crippen LogP contribution is -2.49. The third-order valence-electron chi connectivity index (χ3n) is 4.52. The van der Waals surface area contributed by atoms with E-state index >= 15 is 0 Å². The summed E-state index contributed by atoms with van der Waals surface area (Å²) in [5, 5.41) is 13.8. The highest BCUT2D eigenvalue weighted by molar-refractivity contribution is 7.89. The Bertz CT molecular complexity index is 951. The molecule has 1 fully saturated rings. The molecule has 0 radical (unpaired) electrons. The van der Waals surface area contributed by atoms with Gasteiger partial charge >= 0.3 is 0 Å². The van der Waals surface area contributed by atoms with Gasteiger partial charge in [-0.25, -0.2) is 21.9 Å². The number of hydrogen-bond donors (Lipinski definition) is 2. The lowest BCUT2D eigenvalue weighted by Gasteiger charge is -2.33. The van der Waals surface area contributed by atoms with Crippen LogP contribution in [0.15, 0.2) is 47.4 Å². The molecule has 0 amide bonds. The summed E-state index contributed by atoms with van der Waals surface area (Å²) in [6.45, 7) is 0.926. The van der Waals surface area contributed by atoms with E-state index in [1.54, 1.807) is 0 Å². The normalized spacial score (nSPS) is 20.4. The van der Waals surface area contributed by atoms with Crippen LogP contribution in [0.4, 0.5) is 14.5 Å². The second-order valence-electron chi connectivity index (χ2n) is 6.25. The summed E-state index contributed by atoms with van der Waals surface area (Å²) in [6.07, 6.45) is 0.540. The fourth-order valence-corrected chi connectivity index (χ4v) is 4.42. The van der Waals surface area contributed by atoms with Crippen LogP contribution in [0.3, 0.4) is 0 Å². The standard InChI is InChI=1S/C17H17F2N3O4S/c18-15-6-1-11(9-16(15)19)14-7-8-20-10-17(14)21-27(25,26)13-4-2-12(3-5-13)22(23)24/h1-6,9,14,17,20-21H,7-8,10H2. The zero-order valence-electron chi connectivity index (χ0n) is 14.1. The van der Waals surface area contributed by atoms with Crippen LogP contribution < -0.4 is 10.0 Å². The Hall–Kier alpha value is -2.43. The fourth-order valence-electron chi connectivity index (χ4n) is 3.14. The number of nitro groups is 1. The molecule has 0 aromatic heterocycles.